The first-order chi connectivity index (χ1) is 17.3. The van der Waals surface area contributed by atoms with Gasteiger partial charge in [0, 0.05) is 5.56 Å². The zero-order valence-corrected chi connectivity index (χ0v) is 21.2. The van der Waals surface area contributed by atoms with Gasteiger partial charge in [0.15, 0.2) is 5.13 Å². The SMILES string of the molecule is CCCCOc1cccc(/C(O)=C2\C(=O)C(=O)N(c3nc(C)c(C(=O)OC)s3)C2c2ccc(C)o2)c1. The third-order valence-corrected chi connectivity index (χ3v) is 6.85. The van der Waals surface area contributed by atoms with Crippen LogP contribution in [0.4, 0.5) is 5.13 Å². The van der Waals surface area contributed by atoms with Gasteiger partial charge in [-0.2, -0.15) is 0 Å². The van der Waals surface area contributed by atoms with Crippen LogP contribution in [0.15, 0.2) is 46.4 Å². The number of unbranched alkanes of at least 4 members (excludes halogenated alkanes) is 1. The second-order valence-electron chi connectivity index (χ2n) is 8.25. The summed E-state index contributed by atoms with van der Waals surface area (Å²) in [5, 5.41) is 11.4. The number of rotatable bonds is 8. The lowest BCUT2D eigenvalue weighted by Crippen LogP contribution is -2.29. The van der Waals surface area contributed by atoms with Gasteiger partial charge >= 0.3 is 11.9 Å². The second-order valence-corrected chi connectivity index (χ2v) is 9.23. The Bertz CT molecular complexity index is 1350. The first kappa shape index (κ1) is 25.2. The molecule has 1 N–H and O–H groups in total. The molecule has 1 aliphatic rings. The molecule has 1 amide bonds. The molecule has 0 spiro atoms. The Morgan fingerprint density at radius 2 is 2.00 bits per heavy atom. The van der Waals surface area contributed by atoms with E-state index in [-0.39, 0.29) is 27.1 Å². The average Bonchev–Trinajstić information content (AvgIpc) is 3.54. The molecule has 3 aromatic rings. The van der Waals surface area contributed by atoms with Crippen LogP contribution in [0.25, 0.3) is 5.76 Å². The minimum absolute atomic E-state index is 0.116. The van der Waals surface area contributed by atoms with Crippen molar-refractivity contribution in [1.82, 2.24) is 4.98 Å². The number of aryl methyl sites for hydroxylation is 2. The van der Waals surface area contributed by atoms with Crippen LogP contribution in [-0.2, 0) is 14.3 Å². The van der Waals surface area contributed by atoms with Gasteiger partial charge in [-0.25, -0.2) is 9.78 Å². The van der Waals surface area contributed by atoms with Crippen molar-refractivity contribution < 1.29 is 33.4 Å². The Morgan fingerprint density at radius 1 is 1.22 bits per heavy atom. The summed E-state index contributed by atoms with van der Waals surface area (Å²) in [5.74, 6) is -1.38. The molecular weight excluding hydrogens is 484 g/mol. The van der Waals surface area contributed by atoms with Crippen molar-refractivity contribution in [3.63, 3.8) is 0 Å². The highest BCUT2D eigenvalue weighted by molar-refractivity contribution is 7.17. The quantitative estimate of drug-likeness (QED) is 0.149. The fraction of sp³-hybridized carbons (Fsp3) is 0.308. The van der Waals surface area contributed by atoms with Gasteiger partial charge in [0.2, 0.25) is 0 Å². The van der Waals surface area contributed by atoms with Gasteiger partial charge in [-0.3, -0.25) is 14.5 Å². The summed E-state index contributed by atoms with van der Waals surface area (Å²) in [6.45, 7) is 5.91. The molecule has 0 aliphatic carbocycles. The van der Waals surface area contributed by atoms with E-state index in [0.29, 0.717) is 29.4 Å². The van der Waals surface area contributed by atoms with Crippen LogP contribution in [0.1, 0.15) is 58.3 Å². The monoisotopic (exact) mass is 510 g/mol. The third-order valence-electron chi connectivity index (χ3n) is 5.71. The molecule has 1 aromatic carbocycles. The number of aromatic nitrogens is 1. The number of ether oxygens (including phenoxy) is 2. The minimum atomic E-state index is -1.08. The summed E-state index contributed by atoms with van der Waals surface area (Å²) >= 11 is 0.925. The lowest BCUT2D eigenvalue weighted by atomic mass is 9.99. The summed E-state index contributed by atoms with van der Waals surface area (Å²) in [6, 6.07) is 8.95. The van der Waals surface area contributed by atoms with E-state index < -0.39 is 23.7 Å². The van der Waals surface area contributed by atoms with E-state index in [4.69, 9.17) is 13.9 Å². The van der Waals surface area contributed by atoms with Crippen molar-refractivity contribution in [2.24, 2.45) is 0 Å². The smallest absolute Gasteiger partial charge is 0.350 e. The number of nitrogens with zero attached hydrogens (tertiary/aromatic N) is 2. The van der Waals surface area contributed by atoms with E-state index in [1.807, 2.05) is 0 Å². The summed E-state index contributed by atoms with van der Waals surface area (Å²) in [5.41, 5.74) is 0.531. The summed E-state index contributed by atoms with van der Waals surface area (Å²) in [4.78, 5) is 44.4. The molecule has 0 radical (unpaired) electrons. The van der Waals surface area contributed by atoms with E-state index >= 15 is 0 Å². The number of amides is 1. The number of aliphatic hydroxyl groups excluding tert-OH is 1. The number of furan rings is 1. The summed E-state index contributed by atoms with van der Waals surface area (Å²) in [7, 11) is 1.25. The van der Waals surface area contributed by atoms with Gasteiger partial charge in [0.25, 0.3) is 5.78 Å². The Kier molecular flexibility index (Phi) is 7.25. The fourth-order valence-corrected chi connectivity index (χ4v) is 4.90. The molecule has 0 bridgehead atoms. The Balaban J connectivity index is 1.84. The number of anilines is 1. The van der Waals surface area contributed by atoms with Crippen LogP contribution >= 0.6 is 11.3 Å². The highest BCUT2D eigenvalue weighted by Crippen LogP contribution is 2.44. The van der Waals surface area contributed by atoms with E-state index in [1.165, 1.54) is 7.11 Å². The molecule has 4 rings (SSSR count). The van der Waals surface area contributed by atoms with Crippen LogP contribution in [-0.4, -0.2) is 41.5 Å². The molecule has 1 saturated heterocycles. The molecule has 3 heterocycles. The Labute approximate surface area is 212 Å². The van der Waals surface area contributed by atoms with Crippen LogP contribution in [0.3, 0.4) is 0 Å². The zero-order valence-electron chi connectivity index (χ0n) is 20.4. The van der Waals surface area contributed by atoms with Crippen molar-refractivity contribution >= 4 is 39.9 Å². The molecule has 1 unspecified atom stereocenters. The molecule has 1 atom stereocenters. The predicted molar refractivity (Wildman–Crippen MR) is 133 cm³/mol. The summed E-state index contributed by atoms with van der Waals surface area (Å²) < 4.78 is 16.3. The Morgan fingerprint density at radius 3 is 2.67 bits per heavy atom. The number of esters is 1. The lowest BCUT2D eigenvalue weighted by Gasteiger charge is -2.20. The van der Waals surface area contributed by atoms with Gasteiger partial charge in [0.1, 0.15) is 33.9 Å². The molecule has 9 nitrogen and oxygen atoms in total. The van der Waals surface area contributed by atoms with Gasteiger partial charge in [0.05, 0.1) is 25.0 Å². The van der Waals surface area contributed by atoms with Crippen LogP contribution in [0.5, 0.6) is 5.75 Å². The van der Waals surface area contributed by atoms with Crippen LogP contribution in [0, 0.1) is 13.8 Å². The third kappa shape index (κ3) is 4.64. The fourth-order valence-electron chi connectivity index (χ4n) is 3.89. The maximum atomic E-state index is 13.3. The van der Waals surface area contributed by atoms with Crippen molar-refractivity contribution in [3.8, 4) is 5.75 Å². The number of carbonyl (C=O) groups excluding carboxylic acids is 3. The zero-order chi connectivity index (χ0) is 26.0. The first-order valence-corrected chi connectivity index (χ1v) is 12.2. The maximum absolute atomic E-state index is 13.3. The van der Waals surface area contributed by atoms with Crippen LogP contribution < -0.4 is 9.64 Å². The molecule has 1 aliphatic heterocycles. The number of methoxy groups -OCH3 is 1. The number of benzene rings is 1. The molecule has 1 fully saturated rings. The number of ketones is 1. The Hall–Kier alpha value is -3.92. The molecule has 10 heteroatoms. The van der Waals surface area contributed by atoms with E-state index in [1.54, 1.807) is 50.2 Å². The second kappa shape index (κ2) is 10.4. The van der Waals surface area contributed by atoms with E-state index in [0.717, 1.165) is 29.1 Å². The van der Waals surface area contributed by atoms with Crippen LogP contribution in [0.2, 0.25) is 0 Å². The minimum Gasteiger partial charge on any atom is -0.507 e. The molecule has 2 aromatic heterocycles. The molecule has 188 valence electrons. The number of aliphatic hydroxyl groups is 1. The average molecular weight is 511 g/mol. The number of hydrogen-bond acceptors (Lipinski definition) is 9. The van der Waals surface area contributed by atoms with E-state index in [2.05, 4.69) is 11.9 Å². The topological polar surface area (TPSA) is 119 Å². The van der Waals surface area contributed by atoms with Gasteiger partial charge < -0.3 is 19.0 Å². The molecular formula is C26H26N2O7S. The van der Waals surface area contributed by atoms with Crippen molar-refractivity contribution in [3.05, 3.63) is 69.6 Å². The highest BCUT2D eigenvalue weighted by atomic mass is 32.1. The highest BCUT2D eigenvalue weighted by Gasteiger charge is 2.50. The number of thiazole rings is 1. The molecule has 36 heavy (non-hydrogen) atoms. The van der Waals surface area contributed by atoms with E-state index in [9.17, 15) is 19.5 Å². The summed E-state index contributed by atoms with van der Waals surface area (Å²) in [6.07, 6.45) is 1.85. The van der Waals surface area contributed by atoms with Crippen molar-refractivity contribution in [1.29, 1.82) is 0 Å². The van der Waals surface area contributed by atoms with Crippen molar-refractivity contribution in [2.75, 3.05) is 18.6 Å². The van der Waals surface area contributed by atoms with Gasteiger partial charge in [-0.05, 0) is 44.5 Å². The van der Waals surface area contributed by atoms with Gasteiger partial charge in [-0.15, -0.1) is 0 Å². The number of hydrogen-bond donors (Lipinski definition) is 1. The predicted octanol–water partition coefficient (Wildman–Crippen LogP) is 4.94. The lowest BCUT2D eigenvalue weighted by molar-refractivity contribution is -0.132. The van der Waals surface area contributed by atoms with Gasteiger partial charge in [-0.1, -0.05) is 36.8 Å². The maximum Gasteiger partial charge on any atom is 0.350 e. The standard InChI is InChI=1S/C26H26N2O7S/c1-5-6-12-34-17-9-7-8-16(13-17)21(29)19-20(18-11-10-14(2)35-18)28(24(31)22(19)30)26-27-15(3)23(36-26)25(32)33-4/h7-11,13,20,29H,5-6,12H2,1-4H3/b21-19+. The number of carbonyl (C=O) groups is 3. The van der Waals surface area contributed by atoms with Crippen molar-refractivity contribution in [2.45, 2.75) is 39.7 Å². The number of Topliss-reactive ketones (excluding diaryl/α,β-unsaturated/α-hetero) is 1. The molecule has 0 saturated carbocycles. The first-order valence-electron chi connectivity index (χ1n) is 11.4. The normalized spacial score (nSPS) is 17.0. The largest absolute Gasteiger partial charge is 0.507 e.